The van der Waals surface area contributed by atoms with Crippen LogP contribution >= 0.6 is 24.0 Å². The van der Waals surface area contributed by atoms with Crippen LogP contribution in [0.1, 0.15) is 38.2 Å². The zero-order chi connectivity index (χ0) is 17.2. The molecule has 1 aromatic rings. The molecule has 1 aliphatic rings. The van der Waals surface area contributed by atoms with E-state index in [9.17, 15) is 4.79 Å². The summed E-state index contributed by atoms with van der Waals surface area (Å²) in [6.45, 7) is 4.75. The van der Waals surface area contributed by atoms with Gasteiger partial charge >= 0.3 is 0 Å². The molecular formula is C19H31IN4O. The van der Waals surface area contributed by atoms with E-state index in [1.165, 1.54) is 5.56 Å². The third-order valence-electron chi connectivity index (χ3n) is 4.56. The van der Waals surface area contributed by atoms with E-state index in [4.69, 9.17) is 0 Å². The van der Waals surface area contributed by atoms with Crippen LogP contribution in [0.15, 0.2) is 35.3 Å². The lowest BCUT2D eigenvalue weighted by molar-refractivity contribution is -0.129. The molecule has 1 fully saturated rings. The molecule has 2 N–H and O–H groups in total. The van der Waals surface area contributed by atoms with E-state index in [0.717, 1.165) is 51.3 Å². The Balaban J connectivity index is 0.00000312. The van der Waals surface area contributed by atoms with Crippen LogP contribution in [0.4, 0.5) is 0 Å². The number of halogens is 1. The van der Waals surface area contributed by atoms with Crippen molar-refractivity contribution in [3.05, 3.63) is 35.9 Å². The summed E-state index contributed by atoms with van der Waals surface area (Å²) in [5.74, 6) is 1.14. The van der Waals surface area contributed by atoms with Crippen LogP contribution in [-0.4, -0.2) is 49.5 Å². The highest BCUT2D eigenvalue weighted by molar-refractivity contribution is 14.0. The van der Waals surface area contributed by atoms with Crippen molar-refractivity contribution in [1.82, 2.24) is 15.5 Å². The molecule has 25 heavy (non-hydrogen) atoms. The van der Waals surface area contributed by atoms with Crippen molar-refractivity contribution in [2.75, 3.05) is 26.7 Å². The number of amides is 1. The van der Waals surface area contributed by atoms with E-state index < -0.39 is 0 Å². The van der Waals surface area contributed by atoms with Gasteiger partial charge in [-0.1, -0.05) is 37.3 Å². The molecule has 1 saturated heterocycles. The Morgan fingerprint density at radius 1 is 1.24 bits per heavy atom. The van der Waals surface area contributed by atoms with E-state index in [0.29, 0.717) is 18.4 Å². The molecule has 1 aliphatic heterocycles. The second-order valence-electron chi connectivity index (χ2n) is 6.20. The minimum atomic E-state index is 0. The fraction of sp³-hybridized carbons (Fsp3) is 0.579. The smallest absolute Gasteiger partial charge is 0.222 e. The van der Waals surface area contributed by atoms with Gasteiger partial charge in [0.15, 0.2) is 5.96 Å². The zero-order valence-electron chi connectivity index (χ0n) is 15.3. The van der Waals surface area contributed by atoms with Crippen LogP contribution in [-0.2, 0) is 11.2 Å². The SMILES string of the molecule is CCC(CCNC(=NC)NCCc1ccccc1)N1CCCC1=O.I. The third-order valence-corrected chi connectivity index (χ3v) is 4.56. The average Bonchev–Trinajstić information content (AvgIpc) is 3.04. The number of likely N-dealkylation sites (tertiary alicyclic amines) is 1. The molecule has 2 rings (SSSR count). The number of hydrogen-bond donors (Lipinski definition) is 2. The highest BCUT2D eigenvalue weighted by Gasteiger charge is 2.26. The van der Waals surface area contributed by atoms with Gasteiger partial charge in [-0.2, -0.15) is 0 Å². The topological polar surface area (TPSA) is 56.7 Å². The lowest BCUT2D eigenvalue weighted by Crippen LogP contribution is -2.42. The molecule has 6 heteroatoms. The van der Waals surface area contributed by atoms with Crippen molar-refractivity contribution in [1.29, 1.82) is 0 Å². The van der Waals surface area contributed by atoms with Crippen LogP contribution in [0.5, 0.6) is 0 Å². The highest BCUT2D eigenvalue weighted by atomic mass is 127. The molecule has 140 valence electrons. The maximum atomic E-state index is 11.9. The van der Waals surface area contributed by atoms with Crippen molar-refractivity contribution in [3.63, 3.8) is 0 Å². The Bertz CT molecular complexity index is 535. The van der Waals surface area contributed by atoms with Crippen LogP contribution in [0.3, 0.4) is 0 Å². The molecule has 1 heterocycles. The number of benzene rings is 1. The molecular weight excluding hydrogens is 427 g/mol. The maximum absolute atomic E-state index is 11.9. The summed E-state index contributed by atoms with van der Waals surface area (Å²) in [6, 6.07) is 10.8. The second-order valence-corrected chi connectivity index (χ2v) is 6.20. The van der Waals surface area contributed by atoms with Gasteiger partial charge < -0.3 is 15.5 Å². The molecule has 1 atom stereocenters. The molecule has 0 aromatic heterocycles. The summed E-state index contributed by atoms with van der Waals surface area (Å²) in [5.41, 5.74) is 1.32. The largest absolute Gasteiger partial charge is 0.356 e. The minimum absolute atomic E-state index is 0. The first-order valence-electron chi connectivity index (χ1n) is 9.02. The van der Waals surface area contributed by atoms with Crippen LogP contribution < -0.4 is 10.6 Å². The van der Waals surface area contributed by atoms with Gasteiger partial charge in [-0.3, -0.25) is 9.79 Å². The molecule has 5 nitrogen and oxygen atoms in total. The molecule has 0 aliphatic carbocycles. The molecule has 0 saturated carbocycles. The average molecular weight is 458 g/mol. The monoisotopic (exact) mass is 458 g/mol. The van der Waals surface area contributed by atoms with Crippen LogP contribution in [0.25, 0.3) is 0 Å². The quantitative estimate of drug-likeness (QED) is 0.358. The van der Waals surface area contributed by atoms with Crippen molar-refractivity contribution in [3.8, 4) is 0 Å². The Labute approximate surface area is 168 Å². The third kappa shape index (κ3) is 7.22. The van der Waals surface area contributed by atoms with Crippen LogP contribution in [0, 0.1) is 0 Å². The number of aliphatic imine (C=N–C) groups is 1. The fourth-order valence-electron chi connectivity index (χ4n) is 3.18. The first kappa shape index (κ1) is 21.7. The van der Waals surface area contributed by atoms with E-state index >= 15 is 0 Å². The van der Waals surface area contributed by atoms with Gasteiger partial charge in [0.25, 0.3) is 0 Å². The van der Waals surface area contributed by atoms with Gasteiger partial charge in [0.05, 0.1) is 0 Å². The normalized spacial score (nSPS) is 15.7. The van der Waals surface area contributed by atoms with E-state index in [-0.39, 0.29) is 24.0 Å². The number of guanidine groups is 1. The maximum Gasteiger partial charge on any atom is 0.222 e. The molecule has 1 amide bonds. The first-order valence-corrected chi connectivity index (χ1v) is 9.02. The number of nitrogens with one attached hydrogen (secondary N) is 2. The number of nitrogens with zero attached hydrogens (tertiary/aromatic N) is 2. The van der Waals surface area contributed by atoms with E-state index in [1.54, 1.807) is 7.05 Å². The van der Waals surface area contributed by atoms with Crippen LogP contribution in [0.2, 0.25) is 0 Å². The van der Waals surface area contributed by atoms with E-state index in [2.05, 4.69) is 46.8 Å². The number of rotatable bonds is 8. The Morgan fingerprint density at radius 3 is 2.56 bits per heavy atom. The predicted octanol–water partition coefficient (Wildman–Crippen LogP) is 2.80. The number of carbonyl (C=O) groups excluding carboxylic acids is 1. The molecule has 0 spiro atoms. The lowest BCUT2D eigenvalue weighted by atomic mass is 10.1. The fourth-order valence-corrected chi connectivity index (χ4v) is 3.18. The summed E-state index contributed by atoms with van der Waals surface area (Å²) in [7, 11) is 1.79. The Hall–Kier alpha value is -1.31. The molecule has 1 aromatic carbocycles. The Morgan fingerprint density at radius 2 is 1.96 bits per heavy atom. The van der Waals surface area contributed by atoms with Gasteiger partial charge in [0.2, 0.25) is 5.91 Å². The highest BCUT2D eigenvalue weighted by Crippen LogP contribution is 2.17. The standard InChI is InChI=1S/C19H30N4O.HI/c1-3-17(23-15-7-10-18(23)24)12-14-22-19(20-2)21-13-11-16-8-5-4-6-9-16;/h4-6,8-9,17H,3,7,10-15H2,1-2H3,(H2,20,21,22);1H. The van der Waals surface area contributed by atoms with Gasteiger partial charge in [0.1, 0.15) is 0 Å². The van der Waals surface area contributed by atoms with Crippen molar-refractivity contribution in [2.24, 2.45) is 4.99 Å². The molecule has 0 bridgehead atoms. The molecule has 0 radical (unpaired) electrons. The number of hydrogen-bond acceptors (Lipinski definition) is 2. The zero-order valence-corrected chi connectivity index (χ0v) is 17.7. The Kier molecular flexibility index (Phi) is 10.5. The predicted molar refractivity (Wildman–Crippen MR) is 115 cm³/mol. The van der Waals surface area contributed by atoms with Crippen molar-refractivity contribution in [2.45, 2.75) is 45.1 Å². The first-order chi connectivity index (χ1) is 11.7. The minimum Gasteiger partial charge on any atom is -0.356 e. The molecule has 1 unspecified atom stereocenters. The second kappa shape index (κ2) is 12.1. The summed E-state index contributed by atoms with van der Waals surface area (Å²) in [4.78, 5) is 18.2. The van der Waals surface area contributed by atoms with E-state index in [1.807, 2.05) is 11.0 Å². The summed E-state index contributed by atoms with van der Waals surface area (Å²) < 4.78 is 0. The van der Waals surface area contributed by atoms with Gasteiger partial charge in [-0.05, 0) is 31.2 Å². The summed E-state index contributed by atoms with van der Waals surface area (Å²) >= 11 is 0. The van der Waals surface area contributed by atoms with Crippen molar-refractivity contribution < 1.29 is 4.79 Å². The van der Waals surface area contributed by atoms with Gasteiger partial charge in [0, 0.05) is 39.1 Å². The summed E-state index contributed by atoms with van der Waals surface area (Å²) in [5, 5.41) is 6.71. The summed E-state index contributed by atoms with van der Waals surface area (Å²) in [6.07, 6.45) is 4.66. The number of carbonyl (C=O) groups is 1. The lowest BCUT2D eigenvalue weighted by Gasteiger charge is -2.27. The van der Waals surface area contributed by atoms with Crippen molar-refractivity contribution >= 4 is 35.8 Å². The van der Waals surface area contributed by atoms with Gasteiger partial charge in [-0.25, -0.2) is 0 Å². The van der Waals surface area contributed by atoms with Gasteiger partial charge in [-0.15, -0.1) is 24.0 Å².